The van der Waals surface area contributed by atoms with E-state index in [1.807, 2.05) is 41.3 Å². The predicted molar refractivity (Wildman–Crippen MR) is 137 cm³/mol. The normalized spacial score (nSPS) is 22.6. The van der Waals surface area contributed by atoms with Crippen molar-refractivity contribution in [3.05, 3.63) is 72.2 Å². The van der Waals surface area contributed by atoms with Gasteiger partial charge in [0.1, 0.15) is 5.82 Å². The average molecular weight is 514 g/mol. The van der Waals surface area contributed by atoms with Crippen LogP contribution in [0.25, 0.3) is 11.3 Å². The monoisotopic (exact) mass is 513 g/mol. The maximum atomic E-state index is 14.2. The summed E-state index contributed by atoms with van der Waals surface area (Å²) in [5, 5.41) is 7.34. The molecule has 2 N–H and O–H groups in total. The van der Waals surface area contributed by atoms with Crippen molar-refractivity contribution in [1.29, 1.82) is 0 Å². The number of nitrogens with zero attached hydrogens (tertiary/aromatic N) is 3. The van der Waals surface area contributed by atoms with Crippen molar-refractivity contribution < 1.29 is 17.6 Å². The minimum atomic E-state index is -4.69. The number of alkyl halides is 3. The van der Waals surface area contributed by atoms with E-state index in [0.29, 0.717) is 24.7 Å². The molecule has 5 rings (SSSR count). The van der Waals surface area contributed by atoms with Crippen LogP contribution in [-0.4, -0.2) is 41.2 Å². The van der Waals surface area contributed by atoms with Gasteiger partial charge in [-0.2, -0.15) is 13.2 Å². The number of piperidine rings is 1. The molecular weight excluding hydrogens is 482 g/mol. The summed E-state index contributed by atoms with van der Waals surface area (Å²) >= 11 is 0. The lowest BCUT2D eigenvalue weighted by Crippen LogP contribution is -2.55. The molecule has 2 fully saturated rings. The van der Waals surface area contributed by atoms with Crippen LogP contribution in [0.1, 0.15) is 44.1 Å². The molecule has 0 amide bonds. The predicted octanol–water partition coefficient (Wildman–Crippen LogP) is 6.28. The van der Waals surface area contributed by atoms with Gasteiger partial charge in [-0.05, 0) is 49.9 Å². The molecule has 1 aliphatic heterocycles. The molecular formula is C28H31F4N5. The summed E-state index contributed by atoms with van der Waals surface area (Å²) in [6.07, 6.45) is 3.18. The van der Waals surface area contributed by atoms with Crippen molar-refractivity contribution >= 4 is 11.6 Å². The Morgan fingerprint density at radius 2 is 1.68 bits per heavy atom. The average Bonchev–Trinajstić information content (AvgIpc) is 2.90. The number of rotatable bonds is 6. The zero-order valence-electron chi connectivity index (χ0n) is 20.5. The third kappa shape index (κ3) is 6.21. The molecule has 2 heterocycles. The van der Waals surface area contributed by atoms with Gasteiger partial charge in [-0.15, -0.1) is 0 Å². The quantitative estimate of drug-likeness (QED) is 0.380. The maximum Gasteiger partial charge on any atom is 0.419 e. The Bertz CT molecular complexity index is 1190. The first-order chi connectivity index (χ1) is 17.9. The summed E-state index contributed by atoms with van der Waals surface area (Å²) in [6, 6.07) is 15.6. The van der Waals surface area contributed by atoms with Crippen LogP contribution in [0.15, 0.2) is 60.8 Å². The number of halogens is 4. The van der Waals surface area contributed by atoms with E-state index in [0.717, 1.165) is 61.9 Å². The number of hydrogen-bond donors (Lipinski definition) is 2. The Morgan fingerprint density at radius 3 is 2.43 bits per heavy atom. The summed E-state index contributed by atoms with van der Waals surface area (Å²) in [5.41, 5.74) is 1.16. The molecule has 3 aromatic rings. The topological polar surface area (TPSA) is 53.1 Å². The van der Waals surface area contributed by atoms with Crippen LogP contribution in [0.3, 0.4) is 0 Å². The number of aromatic nitrogens is 2. The van der Waals surface area contributed by atoms with E-state index in [2.05, 4.69) is 15.6 Å². The first kappa shape index (κ1) is 25.4. The minimum Gasteiger partial charge on any atom is -0.370 e. The molecule has 37 heavy (non-hydrogen) atoms. The van der Waals surface area contributed by atoms with Crippen LogP contribution in [0.5, 0.6) is 0 Å². The van der Waals surface area contributed by atoms with Crippen molar-refractivity contribution in [3.8, 4) is 11.3 Å². The van der Waals surface area contributed by atoms with Gasteiger partial charge in [0.25, 0.3) is 0 Å². The Balaban J connectivity index is 1.24. The Hall–Kier alpha value is -3.20. The molecule has 9 heteroatoms. The molecule has 0 spiro atoms. The second-order valence-corrected chi connectivity index (χ2v) is 9.89. The second-order valence-electron chi connectivity index (χ2n) is 9.89. The van der Waals surface area contributed by atoms with E-state index in [1.165, 1.54) is 6.07 Å². The summed E-state index contributed by atoms with van der Waals surface area (Å²) in [7, 11) is 0. The lowest BCUT2D eigenvalue weighted by Gasteiger charge is -2.40. The highest BCUT2D eigenvalue weighted by molar-refractivity contribution is 5.59. The van der Waals surface area contributed by atoms with Gasteiger partial charge in [0.2, 0.25) is 5.95 Å². The van der Waals surface area contributed by atoms with E-state index in [1.54, 1.807) is 6.20 Å². The molecule has 3 atom stereocenters. The highest BCUT2D eigenvalue weighted by Crippen LogP contribution is 2.34. The van der Waals surface area contributed by atoms with Crippen LogP contribution < -0.4 is 15.5 Å². The second kappa shape index (κ2) is 11.0. The fourth-order valence-corrected chi connectivity index (χ4v) is 5.45. The maximum absolute atomic E-state index is 14.2. The third-order valence-corrected chi connectivity index (χ3v) is 7.30. The molecule has 1 aromatic heterocycles. The van der Waals surface area contributed by atoms with Crippen LogP contribution in [0, 0.1) is 5.82 Å². The van der Waals surface area contributed by atoms with E-state index in [9.17, 15) is 17.6 Å². The van der Waals surface area contributed by atoms with Gasteiger partial charge in [0.05, 0.1) is 11.3 Å². The van der Waals surface area contributed by atoms with Crippen LogP contribution in [0.4, 0.5) is 29.2 Å². The van der Waals surface area contributed by atoms with Crippen molar-refractivity contribution in [2.75, 3.05) is 23.3 Å². The highest BCUT2D eigenvalue weighted by atomic mass is 19.4. The van der Waals surface area contributed by atoms with Gasteiger partial charge in [0.15, 0.2) is 0 Å². The molecule has 1 aliphatic carbocycles. The van der Waals surface area contributed by atoms with Gasteiger partial charge < -0.3 is 15.5 Å². The standard InChI is InChI=1S/C28H31F4N5/c29-23-17-21(12-13-22(23)28(30,31)32)37-16-6-9-20(18-37)34-25-10-4-5-11-26(25)36-27-33-15-14-24(35-27)19-7-2-1-3-8-19/h1-3,7-8,12-15,17,20,25-26,34H,4-6,9-11,16,18H2,(H,33,35,36). The SMILES string of the molecule is Fc1cc(N2CCCC(NC3CCCCC3Nc3nccc(-c4ccccc4)n3)C2)ccc1C(F)(F)F. The summed E-state index contributed by atoms with van der Waals surface area (Å²) in [4.78, 5) is 11.2. The number of benzene rings is 2. The Kier molecular flexibility index (Phi) is 7.60. The largest absolute Gasteiger partial charge is 0.419 e. The van der Waals surface area contributed by atoms with Gasteiger partial charge in [0, 0.05) is 48.7 Å². The van der Waals surface area contributed by atoms with Gasteiger partial charge in [-0.25, -0.2) is 14.4 Å². The molecule has 2 aliphatic rings. The zero-order chi connectivity index (χ0) is 25.8. The molecule has 196 valence electrons. The van der Waals surface area contributed by atoms with E-state index in [4.69, 9.17) is 4.98 Å². The lowest BCUT2D eigenvalue weighted by atomic mass is 9.89. The first-order valence-electron chi connectivity index (χ1n) is 12.9. The summed E-state index contributed by atoms with van der Waals surface area (Å²) in [5.74, 6) is -0.625. The van der Waals surface area contributed by atoms with Gasteiger partial charge in [-0.1, -0.05) is 43.2 Å². The van der Waals surface area contributed by atoms with Crippen LogP contribution >= 0.6 is 0 Å². The van der Waals surface area contributed by atoms with Crippen molar-refractivity contribution in [1.82, 2.24) is 15.3 Å². The van der Waals surface area contributed by atoms with Crippen LogP contribution in [0.2, 0.25) is 0 Å². The van der Waals surface area contributed by atoms with Gasteiger partial charge in [-0.3, -0.25) is 0 Å². The van der Waals surface area contributed by atoms with E-state index >= 15 is 0 Å². The molecule has 0 radical (unpaired) electrons. The highest BCUT2D eigenvalue weighted by Gasteiger charge is 2.35. The summed E-state index contributed by atoms with van der Waals surface area (Å²) < 4.78 is 53.1. The Labute approximate surface area is 214 Å². The third-order valence-electron chi connectivity index (χ3n) is 7.30. The Morgan fingerprint density at radius 1 is 0.892 bits per heavy atom. The molecule has 3 unspecified atom stereocenters. The summed E-state index contributed by atoms with van der Waals surface area (Å²) in [6.45, 7) is 1.31. The number of anilines is 2. The van der Waals surface area contributed by atoms with Crippen molar-refractivity contribution in [3.63, 3.8) is 0 Å². The molecule has 0 bridgehead atoms. The number of hydrogen-bond acceptors (Lipinski definition) is 5. The van der Waals surface area contributed by atoms with Crippen molar-refractivity contribution in [2.45, 2.75) is 62.8 Å². The fraction of sp³-hybridized carbons (Fsp3) is 0.429. The minimum absolute atomic E-state index is 0.156. The van der Waals surface area contributed by atoms with Crippen molar-refractivity contribution in [2.24, 2.45) is 0 Å². The first-order valence-corrected chi connectivity index (χ1v) is 12.9. The lowest BCUT2D eigenvalue weighted by molar-refractivity contribution is -0.139. The van der Waals surface area contributed by atoms with Crippen LogP contribution in [-0.2, 0) is 6.18 Å². The van der Waals surface area contributed by atoms with E-state index < -0.39 is 17.6 Å². The van der Waals surface area contributed by atoms with E-state index in [-0.39, 0.29) is 18.1 Å². The smallest absolute Gasteiger partial charge is 0.370 e. The molecule has 1 saturated heterocycles. The zero-order valence-corrected chi connectivity index (χ0v) is 20.5. The molecule has 2 aromatic carbocycles. The van der Waals surface area contributed by atoms with Gasteiger partial charge >= 0.3 is 6.18 Å². The molecule has 5 nitrogen and oxygen atoms in total. The fourth-order valence-electron chi connectivity index (χ4n) is 5.45. The number of nitrogens with one attached hydrogen (secondary N) is 2. The molecule has 1 saturated carbocycles.